The summed E-state index contributed by atoms with van der Waals surface area (Å²) in [6, 6.07) is 7.12. The van der Waals surface area contributed by atoms with E-state index in [1.54, 1.807) is 12.1 Å². The Morgan fingerprint density at radius 1 is 1.36 bits per heavy atom. The van der Waals surface area contributed by atoms with Crippen molar-refractivity contribution in [2.45, 2.75) is 24.9 Å². The van der Waals surface area contributed by atoms with Crippen LogP contribution in [0.4, 0.5) is 0 Å². The van der Waals surface area contributed by atoms with Crippen LogP contribution >= 0.6 is 23.4 Å². The molecule has 0 atom stereocenters. The monoisotopic (exact) mass is 340 g/mol. The van der Waals surface area contributed by atoms with Crippen molar-refractivity contribution in [3.63, 3.8) is 0 Å². The van der Waals surface area contributed by atoms with Crippen molar-refractivity contribution >= 4 is 29.3 Å². The van der Waals surface area contributed by atoms with Gasteiger partial charge in [-0.15, -0.1) is 10.2 Å². The fourth-order valence-electron chi connectivity index (χ4n) is 1.67. The number of carbonyl (C=O) groups is 1. The Hall–Kier alpha value is -1.73. The Balaban J connectivity index is 1.96. The van der Waals surface area contributed by atoms with E-state index >= 15 is 0 Å². The molecule has 1 heterocycles. The number of halogens is 1. The zero-order valence-electron chi connectivity index (χ0n) is 12.2. The van der Waals surface area contributed by atoms with Crippen molar-refractivity contribution < 1.29 is 9.53 Å². The number of rotatable bonds is 7. The van der Waals surface area contributed by atoms with Crippen molar-refractivity contribution in [1.82, 2.24) is 14.9 Å². The number of thioether (sulfide) groups is 1. The fraction of sp³-hybridized carbons (Fsp3) is 0.357. The zero-order chi connectivity index (χ0) is 15.9. The number of nitrogens with two attached hydrogens (primary N) is 1. The van der Waals surface area contributed by atoms with Gasteiger partial charge >= 0.3 is 5.97 Å². The Labute approximate surface area is 138 Å². The molecule has 0 aliphatic carbocycles. The molecule has 2 rings (SSSR count). The molecule has 0 aliphatic heterocycles. The van der Waals surface area contributed by atoms with Crippen LogP contribution < -0.4 is 5.84 Å². The minimum atomic E-state index is -0.283. The van der Waals surface area contributed by atoms with Crippen molar-refractivity contribution in [1.29, 1.82) is 0 Å². The molecule has 118 valence electrons. The van der Waals surface area contributed by atoms with Crippen molar-refractivity contribution in [2.75, 3.05) is 18.2 Å². The van der Waals surface area contributed by atoms with Crippen LogP contribution in [0.15, 0.2) is 29.4 Å². The van der Waals surface area contributed by atoms with Crippen molar-refractivity contribution in [2.24, 2.45) is 0 Å². The van der Waals surface area contributed by atoms with Gasteiger partial charge in [-0.1, -0.05) is 36.7 Å². The summed E-state index contributed by atoms with van der Waals surface area (Å²) in [5.74, 6) is 6.35. The molecule has 0 radical (unpaired) electrons. The first-order valence-electron chi connectivity index (χ1n) is 6.86. The van der Waals surface area contributed by atoms with Crippen LogP contribution in [0.5, 0.6) is 0 Å². The van der Waals surface area contributed by atoms with Gasteiger partial charge < -0.3 is 10.6 Å². The standard InChI is InChI=1S/C14H17ClN4O2S/c1-2-3-8-21-12(20)9-22-14-18-17-13(19(14)16)10-4-6-11(15)7-5-10/h4-7H,2-3,8-9,16H2,1H3. The Bertz CT molecular complexity index is 630. The molecule has 0 spiro atoms. The summed E-state index contributed by atoms with van der Waals surface area (Å²) in [4.78, 5) is 11.6. The third kappa shape index (κ3) is 4.38. The maximum absolute atomic E-state index is 11.6. The fourth-order valence-corrected chi connectivity index (χ4v) is 2.45. The lowest BCUT2D eigenvalue weighted by molar-refractivity contribution is -0.140. The minimum absolute atomic E-state index is 0.152. The van der Waals surface area contributed by atoms with Crippen LogP contribution in [-0.2, 0) is 9.53 Å². The lowest BCUT2D eigenvalue weighted by Gasteiger charge is -2.04. The highest BCUT2D eigenvalue weighted by molar-refractivity contribution is 7.99. The quantitative estimate of drug-likeness (QED) is 0.361. The Kier molecular flexibility index (Phi) is 6.09. The van der Waals surface area contributed by atoms with Gasteiger partial charge in [-0.05, 0) is 30.7 Å². The molecule has 0 saturated heterocycles. The molecule has 0 saturated carbocycles. The van der Waals surface area contributed by atoms with Gasteiger partial charge in [0.1, 0.15) is 0 Å². The highest BCUT2D eigenvalue weighted by Crippen LogP contribution is 2.22. The van der Waals surface area contributed by atoms with E-state index in [1.165, 1.54) is 16.4 Å². The number of ether oxygens (including phenoxy) is 1. The van der Waals surface area contributed by atoms with E-state index in [1.807, 2.05) is 19.1 Å². The number of aromatic nitrogens is 3. The lowest BCUT2D eigenvalue weighted by Crippen LogP contribution is -2.13. The summed E-state index contributed by atoms with van der Waals surface area (Å²) in [6.07, 6.45) is 1.85. The van der Waals surface area contributed by atoms with Gasteiger partial charge in [0.2, 0.25) is 5.16 Å². The highest BCUT2D eigenvalue weighted by Gasteiger charge is 2.14. The first-order chi connectivity index (χ1) is 10.6. The largest absolute Gasteiger partial charge is 0.465 e. The molecule has 0 unspecified atom stereocenters. The number of nitrogens with zero attached hydrogens (tertiary/aromatic N) is 3. The van der Waals surface area contributed by atoms with Gasteiger partial charge in [0.25, 0.3) is 0 Å². The third-order valence-corrected chi connectivity index (χ3v) is 4.02. The van der Waals surface area contributed by atoms with E-state index in [2.05, 4.69) is 10.2 Å². The second-order valence-corrected chi connectivity index (χ2v) is 5.92. The predicted octanol–water partition coefficient (Wildman–Crippen LogP) is 2.75. The molecule has 0 bridgehead atoms. The number of unbranched alkanes of at least 4 members (excludes halogenated alkanes) is 1. The van der Waals surface area contributed by atoms with Gasteiger partial charge in [-0.2, -0.15) is 0 Å². The molecule has 0 amide bonds. The molecular weight excluding hydrogens is 324 g/mol. The molecule has 0 aliphatic rings. The van der Waals surface area contributed by atoms with E-state index in [9.17, 15) is 4.79 Å². The number of benzene rings is 1. The second-order valence-electron chi connectivity index (χ2n) is 4.55. The van der Waals surface area contributed by atoms with E-state index in [0.29, 0.717) is 22.6 Å². The Morgan fingerprint density at radius 2 is 2.09 bits per heavy atom. The van der Waals surface area contributed by atoms with Crippen LogP contribution in [0.1, 0.15) is 19.8 Å². The van der Waals surface area contributed by atoms with Crippen LogP contribution in [0.2, 0.25) is 5.02 Å². The molecule has 6 nitrogen and oxygen atoms in total. The number of nitrogen functional groups attached to an aromatic ring is 1. The third-order valence-electron chi connectivity index (χ3n) is 2.85. The summed E-state index contributed by atoms with van der Waals surface area (Å²) >= 11 is 7.05. The maximum Gasteiger partial charge on any atom is 0.316 e. The summed E-state index contributed by atoms with van der Waals surface area (Å²) in [7, 11) is 0. The number of carbonyl (C=O) groups excluding carboxylic acids is 1. The van der Waals surface area contributed by atoms with Crippen molar-refractivity contribution in [3.8, 4) is 11.4 Å². The van der Waals surface area contributed by atoms with Crippen LogP contribution in [0.25, 0.3) is 11.4 Å². The number of hydrogen-bond acceptors (Lipinski definition) is 6. The number of esters is 1. The van der Waals surface area contributed by atoms with Gasteiger partial charge in [-0.3, -0.25) is 4.79 Å². The van der Waals surface area contributed by atoms with Gasteiger partial charge in [0.05, 0.1) is 12.4 Å². The first kappa shape index (κ1) is 16.6. The average molecular weight is 341 g/mol. The average Bonchev–Trinajstić information content (AvgIpc) is 2.87. The van der Waals surface area contributed by atoms with Crippen LogP contribution in [-0.4, -0.2) is 33.2 Å². The summed E-state index contributed by atoms with van der Waals surface area (Å²) < 4.78 is 6.43. The summed E-state index contributed by atoms with van der Waals surface area (Å²) in [5, 5.41) is 9.13. The zero-order valence-corrected chi connectivity index (χ0v) is 13.7. The van der Waals surface area contributed by atoms with Crippen molar-refractivity contribution in [3.05, 3.63) is 29.3 Å². The topological polar surface area (TPSA) is 83.0 Å². The normalized spacial score (nSPS) is 10.6. The van der Waals surface area contributed by atoms with Crippen LogP contribution in [0, 0.1) is 0 Å². The summed E-state index contributed by atoms with van der Waals surface area (Å²) in [5.41, 5.74) is 0.803. The minimum Gasteiger partial charge on any atom is -0.465 e. The van der Waals surface area contributed by atoms with E-state index in [4.69, 9.17) is 22.2 Å². The molecule has 0 fully saturated rings. The molecule has 2 N–H and O–H groups in total. The molecular formula is C14H17ClN4O2S. The maximum atomic E-state index is 11.6. The van der Waals surface area contributed by atoms with E-state index < -0.39 is 0 Å². The molecule has 1 aromatic heterocycles. The van der Waals surface area contributed by atoms with E-state index in [-0.39, 0.29) is 11.7 Å². The predicted molar refractivity (Wildman–Crippen MR) is 87.2 cm³/mol. The highest BCUT2D eigenvalue weighted by atomic mass is 35.5. The smallest absolute Gasteiger partial charge is 0.316 e. The lowest BCUT2D eigenvalue weighted by atomic mass is 10.2. The van der Waals surface area contributed by atoms with Gasteiger partial charge in [0.15, 0.2) is 5.82 Å². The summed E-state index contributed by atoms with van der Waals surface area (Å²) in [6.45, 7) is 2.49. The Morgan fingerprint density at radius 3 is 2.77 bits per heavy atom. The molecule has 8 heteroatoms. The first-order valence-corrected chi connectivity index (χ1v) is 8.23. The SMILES string of the molecule is CCCCOC(=O)CSc1nnc(-c2ccc(Cl)cc2)n1N. The molecule has 22 heavy (non-hydrogen) atoms. The van der Waals surface area contributed by atoms with Crippen LogP contribution in [0.3, 0.4) is 0 Å². The molecule has 1 aromatic carbocycles. The molecule has 2 aromatic rings. The number of hydrogen-bond donors (Lipinski definition) is 1. The second kappa shape index (κ2) is 8.05. The van der Waals surface area contributed by atoms with Gasteiger partial charge in [-0.25, -0.2) is 4.68 Å². The van der Waals surface area contributed by atoms with E-state index in [0.717, 1.165) is 18.4 Å². The van der Waals surface area contributed by atoms with Gasteiger partial charge in [0, 0.05) is 10.6 Å².